The summed E-state index contributed by atoms with van der Waals surface area (Å²) in [5, 5.41) is 12.0. The van der Waals surface area contributed by atoms with Gasteiger partial charge in [-0.15, -0.1) is 0 Å². The molecule has 1 amide bonds. The van der Waals surface area contributed by atoms with E-state index in [0.717, 1.165) is 6.42 Å². The molecule has 2 aliphatic carbocycles. The van der Waals surface area contributed by atoms with E-state index >= 15 is 0 Å². The number of nitrogens with zero attached hydrogens (tertiary/aromatic N) is 1. The highest BCUT2D eigenvalue weighted by molar-refractivity contribution is 5.95. The number of carbonyl (C=O) groups excluding carboxylic acids is 1. The average molecular weight is 258 g/mol. The molecule has 98 valence electrons. The van der Waals surface area contributed by atoms with Crippen LogP contribution in [0.2, 0.25) is 0 Å². The number of fused-ring (bicyclic) bond motifs is 2. The summed E-state index contributed by atoms with van der Waals surface area (Å²) in [6.45, 7) is 0. The lowest BCUT2D eigenvalue weighted by Gasteiger charge is -2.23. The third-order valence-corrected chi connectivity index (χ3v) is 3.96. The minimum Gasteiger partial charge on any atom is -0.481 e. The lowest BCUT2D eigenvalue weighted by molar-refractivity contribution is -0.146. The molecular weight excluding hydrogens is 244 g/mol. The van der Waals surface area contributed by atoms with E-state index in [1.54, 1.807) is 24.4 Å². The smallest absolute Gasteiger partial charge is 0.307 e. The Hall–Kier alpha value is -2.17. The highest BCUT2D eigenvalue weighted by atomic mass is 16.4. The standard InChI is InChI=1S/C14H14N2O3/c17-13(16-10-3-1-2-6-15-10)11-8-4-5-9(7-8)12(11)14(18)19/h1-6,8-9,11-12H,7H2,(H,18,19)(H,15,16,17)/t8-,9+,11-,12-/m0/s1. The SMILES string of the molecule is O=C(O)[C@@H]1[C@@H](C(=O)Nc2ccccn2)[C@H]2C=C[C@@H]1C2. The molecule has 0 radical (unpaired) electrons. The summed E-state index contributed by atoms with van der Waals surface area (Å²) >= 11 is 0. The van der Waals surface area contributed by atoms with Crippen LogP contribution in [0, 0.1) is 23.7 Å². The van der Waals surface area contributed by atoms with Crippen LogP contribution in [-0.2, 0) is 9.59 Å². The van der Waals surface area contributed by atoms with Gasteiger partial charge in [-0.1, -0.05) is 18.2 Å². The fraction of sp³-hybridized carbons (Fsp3) is 0.357. The number of allylic oxidation sites excluding steroid dienone is 2. The number of carboxylic acids is 1. The van der Waals surface area contributed by atoms with Crippen LogP contribution >= 0.6 is 0 Å². The fourth-order valence-corrected chi connectivity index (χ4v) is 3.16. The molecule has 5 nitrogen and oxygen atoms in total. The number of amides is 1. The first-order valence-electron chi connectivity index (χ1n) is 6.30. The van der Waals surface area contributed by atoms with Crippen molar-refractivity contribution in [3.8, 4) is 0 Å². The lowest BCUT2D eigenvalue weighted by Crippen LogP contribution is -2.36. The zero-order valence-corrected chi connectivity index (χ0v) is 10.2. The van der Waals surface area contributed by atoms with Gasteiger partial charge in [0.15, 0.2) is 0 Å². The predicted octanol–water partition coefficient (Wildman–Crippen LogP) is 1.54. The summed E-state index contributed by atoms with van der Waals surface area (Å²) in [5.74, 6) is -1.76. The van der Waals surface area contributed by atoms with Crippen LogP contribution < -0.4 is 5.32 Å². The van der Waals surface area contributed by atoms with Gasteiger partial charge in [0.05, 0.1) is 11.8 Å². The van der Waals surface area contributed by atoms with Gasteiger partial charge in [0.1, 0.15) is 5.82 Å². The van der Waals surface area contributed by atoms with Crippen LogP contribution in [0.5, 0.6) is 0 Å². The molecule has 0 aromatic carbocycles. The minimum absolute atomic E-state index is 0.0121. The Morgan fingerprint density at radius 1 is 1.21 bits per heavy atom. The van der Waals surface area contributed by atoms with E-state index in [1.165, 1.54) is 0 Å². The van der Waals surface area contributed by atoms with Gasteiger partial charge in [-0.25, -0.2) is 4.98 Å². The third kappa shape index (κ3) is 2.01. The highest BCUT2D eigenvalue weighted by Gasteiger charge is 2.51. The molecule has 1 aromatic rings. The molecule has 3 rings (SSSR count). The van der Waals surface area contributed by atoms with Crippen LogP contribution in [0.4, 0.5) is 5.82 Å². The van der Waals surface area contributed by atoms with Gasteiger partial charge in [-0.05, 0) is 30.4 Å². The number of carboxylic acid groups (broad SMARTS) is 1. The molecule has 0 saturated heterocycles. The number of carbonyl (C=O) groups is 2. The van der Waals surface area contributed by atoms with Crippen LogP contribution in [0.15, 0.2) is 36.5 Å². The van der Waals surface area contributed by atoms with Crippen molar-refractivity contribution in [1.29, 1.82) is 0 Å². The van der Waals surface area contributed by atoms with Crippen molar-refractivity contribution >= 4 is 17.7 Å². The molecular formula is C14H14N2O3. The molecule has 0 aliphatic heterocycles. The van der Waals surface area contributed by atoms with Crippen molar-refractivity contribution in [3.63, 3.8) is 0 Å². The van der Waals surface area contributed by atoms with E-state index in [0.29, 0.717) is 5.82 Å². The number of aliphatic carboxylic acids is 1. The third-order valence-electron chi connectivity index (χ3n) is 3.96. The number of hydrogen-bond donors (Lipinski definition) is 2. The highest BCUT2D eigenvalue weighted by Crippen LogP contribution is 2.48. The minimum atomic E-state index is -0.891. The van der Waals surface area contributed by atoms with E-state index in [-0.39, 0.29) is 17.7 Å². The van der Waals surface area contributed by atoms with Gasteiger partial charge in [0, 0.05) is 6.20 Å². The second-order valence-electron chi connectivity index (χ2n) is 5.04. The summed E-state index contributed by atoms with van der Waals surface area (Å²) in [6.07, 6.45) is 6.24. The Balaban J connectivity index is 1.79. The first-order chi connectivity index (χ1) is 9.16. The number of pyridine rings is 1. The number of anilines is 1. The van der Waals surface area contributed by atoms with Crippen molar-refractivity contribution in [2.24, 2.45) is 23.7 Å². The van der Waals surface area contributed by atoms with Crippen LogP contribution in [0.3, 0.4) is 0 Å². The van der Waals surface area contributed by atoms with Crippen molar-refractivity contribution in [2.75, 3.05) is 5.32 Å². The first kappa shape index (κ1) is 11.9. The molecule has 2 N–H and O–H groups in total. The number of nitrogens with one attached hydrogen (secondary N) is 1. The largest absolute Gasteiger partial charge is 0.481 e. The average Bonchev–Trinajstić information content (AvgIpc) is 2.99. The Bertz CT molecular complexity index is 541. The van der Waals surface area contributed by atoms with Crippen LogP contribution in [-0.4, -0.2) is 22.0 Å². The van der Waals surface area contributed by atoms with Gasteiger partial charge < -0.3 is 10.4 Å². The molecule has 0 unspecified atom stereocenters. The Morgan fingerprint density at radius 2 is 1.95 bits per heavy atom. The van der Waals surface area contributed by atoms with Gasteiger partial charge in [-0.3, -0.25) is 9.59 Å². The Morgan fingerprint density at radius 3 is 2.58 bits per heavy atom. The molecule has 1 fully saturated rings. The molecule has 2 bridgehead atoms. The van der Waals surface area contributed by atoms with Gasteiger partial charge >= 0.3 is 5.97 Å². The predicted molar refractivity (Wildman–Crippen MR) is 68.2 cm³/mol. The molecule has 2 aliphatic rings. The molecule has 1 heterocycles. The lowest BCUT2D eigenvalue weighted by atomic mass is 9.82. The van der Waals surface area contributed by atoms with Crippen molar-refractivity contribution < 1.29 is 14.7 Å². The second-order valence-corrected chi connectivity index (χ2v) is 5.04. The van der Waals surface area contributed by atoms with Crippen LogP contribution in [0.1, 0.15) is 6.42 Å². The summed E-state index contributed by atoms with van der Waals surface area (Å²) < 4.78 is 0. The molecule has 1 saturated carbocycles. The van der Waals surface area contributed by atoms with E-state index in [2.05, 4.69) is 10.3 Å². The maximum Gasteiger partial charge on any atom is 0.307 e. The monoisotopic (exact) mass is 258 g/mol. The molecule has 0 spiro atoms. The topological polar surface area (TPSA) is 79.3 Å². The molecule has 5 heteroatoms. The zero-order valence-electron chi connectivity index (χ0n) is 10.2. The van der Waals surface area contributed by atoms with Crippen molar-refractivity contribution in [3.05, 3.63) is 36.5 Å². The maximum absolute atomic E-state index is 12.3. The van der Waals surface area contributed by atoms with Gasteiger partial charge in [0.2, 0.25) is 5.91 Å². The Labute approximate surface area is 110 Å². The van der Waals surface area contributed by atoms with E-state index in [1.807, 2.05) is 12.2 Å². The van der Waals surface area contributed by atoms with E-state index < -0.39 is 17.8 Å². The zero-order chi connectivity index (χ0) is 13.4. The summed E-state index contributed by atoms with van der Waals surface area (Å²) in [5.41, 5.74) is 0. The summed E-state index contributed by atoms with van der Waals surface area (Å²) in [7, 11) is 0. The van der Waals surface area contributed by atoms with Crippen LogP contribution in [0.25, 0.3) is 0 Å². The number of aromatic nitrogens is 1. The van der Waals surface area contributed by atoms with E-state index in [9.17, 15) is 14.7 Å². The van der Waals surface area contributed by atoms with E-state index in [4.69, 9.17) is 0 Å². The second kappa shape index (κ2) is 4.50. The normalized spacial score (nSPS) is 31.4. The number of hydrogen-bond acceptors (Lipinski definition) is 3. The summed E-state index contributed by atoms with van der Waals surface area (Å²) in [4.78, 5) is 27.6. The van der Waals surface area contributed by atoms with Crippen molar-refractivity contribution in [2.45, 2.75) is 6.42 Å². The van der Waals surface area contributed by atoms with Gasteiger partial charge in [0.25, 0.3) is 0 Å². The van der Waals surface area contributed by atoms with Crippen molar-refractivity contribution in [1.82, 2.24) is 4.98 Å². The first-order valence-corrected chi connectivity index (χ1v) is 6.30. The van der Waals surface area contributed by atoms with Gasteiger partial charge in [-0.2, -0.15) is 0 Å². The maximum atomic E-state index is 12.3. The number of rotatable bonds is 3. The summed E-state index contributed by atoms with van der Waals surface area (Å²) in [6, 6.07) is 5.23. The Kier molecular flexibility index (Phi) is 2.81. The fourth-order valence-electron chi connectivity index (χ4n) is 3.16. The molecule has 4 atom stereocenters. The molecule has 19 heavy (non-hydrogen) atoms. The molecule has 1 aromatic heterocycles. The quantitative estimate of drug-likeness (QED) is 0.806.